The standard InChI is InChI=1S/C9H6Cl3NO2/c10-7-5-6(14)1-2-8(7)13-15-4-3-9(11)12/h1-5,9H. The molecular formula is C9H6Cl3NO2. The van der Waals surface area contributed by atoms with Crippen LogP contribution in [-0.4, -0.2) is 16.3 Å². The van der Waals surface area contributed by atoms with Gasteiger partial charge in [0.25, 0.3) is 0 Å². The minimum atomic E-state index is -0.653. The molecule has 1 aliphatic carbocycles. The lowest BCUT2D eigenvalue weighted by atomic mass is 10.2. The fraction of sp³-hybridized carbons (Fsp3) is 0.111. The highest BCUT2D eigenvalue weighted by atomic mass is 35.5. The fourth-order valence-corrected chi connectivity index (χ4v) is 1.07. The van der Waals surface area contributed by atoms with E-state index < -0.39 is 4.84 Å². The van der Waals surface area contributed by atoms with E-state index in [4.69, 9.17) is 39.6 Å². The van der Waals surface area contributed by atoms with Crippen LogP contribution >= 0.6 is 34.8 Å². The molecule has 3 nitrogen and oxygen atoms in total. The van der Waals surface area contributed by atoms with E-state index in [1.807, 2.05) is 0 Å². The molecule has 0 atom stereocenters. The summed E-state index contributed by atoms with van der Waals surface area (Å²) in [7, 11) is 0. The maximum absolute atomic E-state index is 10.8. The van der Waals surface area contributed by atoms with Gasteiger partial charge in [0.15, 0.2) is 5.78 Å². The molecule has 1 rings (SSSR count). The maximum Gasteiger partial charge on any atom is 0.180 e. The monoisotopic (exact) mass is 265 g/mol. The number of alkyl halides is 2. The Balaban J connectivity index is 2.58. The molecule has 0 aromatic rings. The summed E-state index contributed by atoms with van der Waals surface area (Å²) < 4.78 is 0. The molecule has 6 heteroatoms. The van der Waals surface area contributed by atoms with Gasteiger partial charge in [-0.25, -0.2) is 0 Å². The third-order valence-corrected chi connectivity index (χ3v) is 1.95. The van der Waals surface area contributed by atoms with Gasteiger partial charge in [0, 0.05) is 6.08 Å². The fourth-order valence-electron chi connectivity index (χ4n) is 0.743. The van der Waals surface area contributed by atoms with Crippen LogP contribution in [0, 0.1) is 0 Å². The molecular weight excluding hydrogens is 260 g/mol. The van der Waals surface area contributed by atoms with E-state index in [2.05, 4.69) is 5.16 Å². The molecule has 0 bridgehead atoms. The number of oxime groups is 1. The molecule has 0 aliphatic heterocycles. The van der Waals surface area contributed by atoms with E-state index in [0.717, 1.165) is 0 Å². The number of hydrogen-bond acceptors (Lipinski definition) is 3. The highest BCUT2D eigenvalue weighted by Gasteiger charge is 2.09. The number of hydrogen-bond donors (Lipinski definition) is 0. The lowest BCUT2D eigenvalue weighted by Gasteiger charge is -2.01. The second kappa shape index (κ2) is 5.95. The Kier molecular flexibility index (Phi) is 4.88. The third kappa shape index (κ3) is 4.51. The highest BCUT2D eigenvalue weighted by molar-refractivity contribution is 6.48. The maximum atomic E-state index is 10.8. The number of nitrogens with zero attached hydrogens (tertiary/aromatic N) is 1. The van der Waals surface area contributed by atoms with Crippen molar-refractivity contribution in [1.29, 1.82) is 0 Å². The highest BCUT2D eigenvalue weighted by Crippen LogP contribution is 2.11. The summed E-state index contributed by atoms with van der Waals surface area (Å²) >= 11 is 16.5. The van der Waals surface area contributed by atoms with E-state index in [1.165, 1.54) is 30.6 Å². The molecule has 0 spiro atoms. The smallest absolute Gasteiger partial charge is 0.180 e. The van der Waals surface area contributed by atoms with Gasteiger partial charge in [-0.2, -0.15) is 0 Å². The Labute approximate surface area is 102 Å². The van der Waals surface area contributed by atoms with Crippen molar-refractivity contribution in [2.24, 2.45) is 5.16 Å². The van der Waals surface area contributed by atoms with Gasteiger partial charge in [0.1, 0.15) is 16.8 Å². The number of carbonyl (C=O) groups is 1. The first kappa shape index (κ1) is 12.3. The minimum Gasteiger partial charge on any atom is -0.364 e. The van der Waals surface area contributed by atoms with Gasteiger partial charge in [-0.15, -0.1) is 23.2 Å². The van der Waals surface area contributed by atoms with E-state index in [-0.39, 0.29) is 10.8 Å². The molecule has 0 fully saturated rings. The number of carbonyl (C=O) groups excluding carboxylic acids is 1. The van der Waals surface area contributed by atoms with Crippen molar-refractivity contribution in [3.05, 3.63) is 35.6 Å². The van der Waals surface area contributed by atoms with Gasteiger partial charge < -0.3 is 4.84 Å². The summed E-state index contributed by atoms with van der Waals surface area (Å²) in [6.45, 7) is 0. The van der Waals surface area contributed by atoms with Crippen molar-refractivity contribution in [1.82, 2.24) is 0 Å². The average Bonchev–Trinajstić information content (AvgIpc) is 2.14. The van der Waals surface area contributed by atoms with Gasteiger partial charge >= 0.3 is 0 Å². The van der Waals surface area contributed by atoms with Gasteiger partial charge in [-0.1, -0.05) is 16.8 Å². The molecule has 1 aliphatic rings. The van der Waals surface area contributed by atoms with Crippen LogP contribution in [-0.2, 0) is 9.63 Å². The molecule has 0 saturated heterocycles. The van der Waals surface area contributed by atoms with Crippen LogP contribution in [0.3, 0.4) is 0 Å². The van der Waals surface area contributed by atoms with Crippen LogP contribution in [0.15, 0.2) is 40.8 Å². The number of rotatable bonds is 3. The topological polar surface area (TPSA) is 38.7 Å². The van der Waals surface area contributed by atoms with Crippen molar-refractivity contribution >= 4 is 46.3 Å². The zero-order chi connectivity index (χ0) is 11.3. The molecule has 0 unspecified atom stereocenters. The Morgan fingerprint density at radius 2 is 2.13 bits per heavy atom. The van der Waals surface area contributed by atoms with E-state index in [9.17, 15) is 4.79 Å². The lowest BCUT2D eigenvalue weighted by molar-refractivity contribution is -0.110. The van der Waals surface area contributed by atoms with Gasteiger partial charge in [0.2, 0.25) is 0 Å². The number of halogens is 3. The van der Waals surface area contributed by atoms with E-state index in [0.29, 0.717) is 5.71 Å². The second-order valence-corrected chi connectivity index (χ2v) is 4.04. The van der Waals surface area contributed by atoms with Crippen LogP contribution in [0.1, 0.15) is 0 Å². The SMILES string of the molecule is O=C1C=CC(=NOC=CC(Cl)Cl)C(Cl)=C1. The zero-order valence-corrected chi connectivity index (χ0v) is 9.63. The van der Waals surface area contributed by atoms with Crippen LogP contribution in [0.4, 0.5) is 0 Å². The Bertz CT molecular complexity index is 370. The molecule has 0 amide bonds. The quantitative estimate of drug-likeness (QED) is 0.341. The normalized spacial score (nSPS) is 19.1. The van der Waals surface area contributed by atoms with Gasteiger partial charge in [-0.05, 0) is 18.2 Å². The molecule has 0 aromatic carbocycles. The molecule has 80 valence electrons. The molecule has 0 saturated carbocycles. The first-order valence-corrected chi connectivity index (χ1v) is 5.13. The van der Waals surface area contributed by atoms with Gasteiger partial charge in [0.05, 0.1) is 5.03 Å². The van der Waals surface area contributed by atoms with Crippen molar-refractivity contribution in [2.45, 2.75) is 4.84 Å². The van der Waals surface area contributed by atoms with Crippen molar-refractivity contribution in [3.8, 4) is 0 Å². The molecule has 0 radical (unpaired) electrons. The van der Waals surface area contributed by atoms with Gasteiger partial charge in [-0.3, -0.25) is 4.79 Å². The molecule has 0 N–H and O–H groups in total. The molecule has 15 heavy (non-hydrogen) atoms. The van der Waals surface area contributed by atoms with E-state index in [1.54, 1.807) is 0 Å². The van der Waals surface area contributed by atoms with Crippen LogP contribution in [0.25, 0.3) is 0 Å². The molecule has 0 heterocycles. The van der Waals surface area contributed by atoms with Crippen molar-refractivity contribution in [2.75, 3.05) is 0 Å². The summed E-state index contributed by atoms with van der Waals surface area (Å²) in [5.41, 5.74) is 0.363. The summed E-state index contributed by atoms with van der Waals surface area (Å²) in [6.07, 6.45) is 6.66. The van der Waals surface area contributed by atoms with Crippen molar-refractivity contribution in [3.63, 3.8) is 0 Å². The summed E-state index contributed by atoms with van der Waals surface area (Å²) in [6, 6.07) is 0. The molecule has 0 aromatic heterocycles. The lowest BCUT2D eigenvalue weighted by Crippen LogP contribution is -2.03. The number of allylic oxidation sites excluding steroid dienone is 5. The van der Waals surface area contributed by atoms with Crippen molar-refractivity contribution < 1.29 is 9.63 Å². The average molecular weight is 267 g/mol. The largest absolute Gasteiger partial charge is 0.364 e. The Morgan fingerprint density at radius 3 is 2.73 bits per heavy atom. The Hall–Kier alpha value is -0.770. The predicted octanol–water partition coefficient (Wildman–Crippen LogP) is 2.94. The Morgan fingerprint density at radius 1 is 1.40 bits per heavy atom. The van der Waals surface area contributed by atoms with Crippen LogP contribution < -0.4 is 0 Å². The first-order valence-electron chi connectivity index (χ1n) is 3.88. The zero-order valence-electron chi connectivity index (χ0n) is 7.36. The minimum absolute atomic E-state index is 0.184. The van der Waals surface area contributed by atoms with Crippen LogP contribution in [0.5, 0.6) is 0 Å². The summed E-state index contributed by atoms with van der Waals surface area (Å²) in [4.78, 5) is 14.9. The first-order chi connectivity index (χ1) is 7.09. The summed E-state index contributed by atoms with van der Waals surface area (Å²) in [5.74, 6) is -0.184. The number of ketones is 1. The van der Waals surface area contributed by atoms with Crippen LogP contribution in [0.2, 0.25) is 0 Å². The second-order valence-electron chi connectivity index (χ2n) is 2.47. The summed E-state index contributed by atoms with van der Waals surface area (Å²) in [5, 5.41) is 3.87. The third-order valence-electron chi connectivity index (χ3n) is 1.36. The predicted molar refractivity (Wildman–Crippen MR) is 61.2 cm³/mol. The van der Waals surface area contributed by atoms with E-state index >= 15 is 0 Å².